The summed E-state index contributed by atoms with van der Waals surface area (Å²) < 4.78 is 15.7. The molecule has 2 N–H and O–H groups in total. The molecule has 0 aliphatic heterocycles. The van der Waals surface area contributed by atoms with Crippen LogP contribution in [0.3, 0.4) is 0 Å². The van der Waals surface area contributed by atoms with Crippen molar-refractivity contribution >= 4 is 35.0 Å². The molecule has 0 aliphatic rings. The number of amides is 2. The van der Waals surface area contributed by atoms with Crippen molar-refractivity contribution in [1.29, 1.82) is 0 Å². The highest BCUT2D eigenvalue weighted by Crippen LogP contribution is 2.32. The van der Waals surface area contributed by atoms with Crippen molar-refractivity contribution in [2.45, 2.75) is 23.5 Å². The summed E-state index contributed by atoms with van der Waals surface area (Å²) in [6.07, 6.45) is 2.07. The van der Waals surface area contributed by atoms with Crippen molar-refractivity contribution in [3.63, 3.8) is 0 Å². The highest BCUT2D eigenvalue weighted by Gasteiger charge is 2.20. The first-order chi connectivity index (χ1) is 15.0. The zero-order valence-electron chi connectivity index (χ0n) is 17.5. The van der Waals surface area contributed by atoms with Crippen molar-refractivity contribution in [1.82, 2.24) is 0 Å². The van der Waals surface area contributed by atoms with E-state index in [9.17, 15) is 9.59 Å². The fourth-order valence-corrected chi connectivity index (χ4v) is 3.86. The Bertz CT molecular complexity index is 1040. The van der Waals surface area contributed by atoms with Crippen molar-refractivity contribution in [2.24, 2.45) is 0 Å². The Labute approximate surface area is 185 Å². The maximum absolute atomic E-state index is 12.9. The molecule has 2 aromatic carbocycles. The van der Waals surface area contributed by atoms with Crippen LogP contribution in [-0.2, 0) is 4.79 Å². The van der Waals surface area contributed by atoms with Gasteiger partial charge in [-0.1, -0.05) is 13.0 Å². The first-order valence-corrected chi connectivity index (χ1v) is 10.6. The summed E-state index contributed by atoms with van der Waals surface area (Å²) in [5.74, 6) is 0.932. The van der Waals surface area contributed by atoms with Gasteiger partial charge in [0.1, 0.15) is 11.5 Å². The number of carbonyl (C=O) groups is 2. The summed E-state index contributed by atoms with van der Waals surface area (Å²) >= 11 is 1.42. The summed E-state index contributed by atoms with van der Waals surface area (Å²) in [5.41, 5.74) is 1.20. The lowest BCUT2D eigenvalue weighted by atomic mass is 10.2. The van der Waals surface area contributed by atoms with Gasteiger partial charge in [-0.15, -0.1) is 11.8 Å². The number of furan rings is 1. The van der Waals surface area contributed by atoms with E-state index in [-0.39, 0.29) is 22.8 Å². The number of hydrogen-bond donors (Lipinski definition) is 2. The highest BCUT2D eigenvalue weighted by atomic mass is 32.2. The minimum Gasteiger partial charge on any atom is -0.497 e. The fraction of sp³-hybridized carbons (Fsp3) is 0.217. The van der Waals surface area contributed by atoms with Crippen molar-refractivity contribution < 1.29 is 23.5 Å². The molecule has 0 radical (unpaired) electrons. The predicted molar refractivity (Wildman–Crippen MR) is 121 cm³/mol. The van der Waals surface area contributed by atoms with E-state index in [1.54, 1.807) is 50.6 Å². The Kier molecular flexibility index (Phi) is 7.61. The van der Waals surface area contributed by atoms with Crippen LogP contribution in [0.5, 0.6) is 11.5 Å². The summed E-state index contributed by atoms with van der Waals surface area (Å²) in [5, 5.41) is 5.39. The average molecular weight is 441 g/mol. The van der Waals surface area contributed by atoms with Gasteiger partial charge in [0, 0.05) is 16.6 Å². The minimum atomic E-state index is -0.331. The molecule has 0 fully saturated rings. The van der Waals surface area contributed by atoms with Crippen LogP contribution in [0.25, 0.3) is 0 Å². The normalized spacial score (nSPS) is 11.5. The van der Waals surface area contributed by atoms with E-state index in [0.717, 1.165) is 4.90 Å². The van der Waals surface area contributed by atoms with Gasteiger partial charge in [-0.2, -0.15) is 0 Å². The van der Waals surface area contributed by atoms with E-state index in [2.05, 4.69) is 10.6 Å². The summed E-state index contributed by atoms with van der Waals surface area (Å²) in [6, 6.07) is 15.8. The molecule has 1 unspecified atom stereocenters. The molecular weight excluding hydrogens is 416 g/mol. The van der Waals surface area contributed by atoms with E-state index in [0.29, 0.717) is 29.3 Å². The lowest BCUT2D eigenvalue weighted by Crippen LogP contribution is -2.24. The molecule has 1 atom stereocenters. The van der Waals surface area contributed by atoms with Crippen LogP contribution >= 0.6 is 11.8 Å². The van der Waals surface area contributed by atoms with Crippen LogP contribution in [-0.4, -0.2) is 31.3 Å². The number of carbonyl (C=O) groups excluding carboxylic acids is 2. The topological polar surface area (TPSA) is 89.8 Å². The fourth-order valence-electron chi connectivity index (χ4n) is 2.85. The van der Waals surface area contributed by atoms with Crippen LogP contribution in [0.1, 0.15) is 23.9 Å². The molecule has 0 saturated heterocycles. The van der Waals surface area contributed by atoms with Gasteiger partial charge in [0.2, 0.25) is 5.91 Å². The molecule has 1 aromatic heterocycles. The van der Waals surface area contributed by atoms with Gasteiger partial charge >= 0.3 is 0 Å². The molecule has 0 bridgehead atoms. The summed E-state index contributed by atoms with van der Waals surface area (Å²) in [6.45, 7) is 1.95. The van der Waals surface area contributed by atoms with Gasteiger partial charge in [0.15, 0.2) is 5.76 Å². The number of benzene rings is 2. The van der Waals surface area contributed by atoms with E-state index in [1.807, 2.05) is 25.1 Å². The van der Waals surface area contributed by atoms with Gasteiger partial charge in [0.25, 0.3) is 5.91 Å². The van der Waals surface area contributed by atoms with Gasteiger partial charge in [-0.3, -0.25) is 9.59 Å². The van der Waals surface area contributed by atoms with Crippen LogP contribution < -0.4 is 20.1 Å². The number of ether oxygens (including phenoxy) is 2. The lowest BCUT2D eigenvalue weighted by molar-refractivity contribution is -0.115. The van der Waals surface area contributed by atoms with Gasteiger partial charge in [-0.05, 0) is 48.9 Å². The molecule has 1 heterocycles. The quantitative estimate of drug-likeness (QED) is 0.452. The standard InChI is InChI=1S/C23H24N2O5S/c1-4-21(23(27)25-18-11-10-16(28-2)14-20(18)29-3)31-17-8-5-7-15(13-17)24-22(26)19-9-6-12-30-19/h5-14,21H,4H2,1-3H3,(H,24,26)(H,25,27). The SMILES string of the molecule is CCC(Sc1cccc(NC(=O)c2ccco2)c1)C(=O)Nc1ccc(OC)cc1OC. The molecular formula is C23H24N2O5S. The van der Waals surface area contributed by atoms with Gasteiger partial charge < -0.3 is 24.5 Å². The van der Waals surface area contributed by atoms with Crippen molar-refractivity contribution in [3.8, 4) is 11.5 Å². The number of methoxy groups -OCH3 is 2. The minimum absolute atomic E-state index is 0.138. The largest absolute Gasteiger partial charge is 0.497 e. The number of anilines is 2. The number of nitrogens with one attached hydrogen (secondary N) is 2. The second kappa shape index (κ2) is 10.6. The van der Waals surface area contributed by atoms with Crippen molar-refractivity contribution in [2.75, 3.05) is 24.9 Å². The third-order valence-electron chi connectivity index (χ3n) is 4.45. The molecule has 3 rings (SSSR count). The van der Waals surface area contributed by atoms with Crippen molar-refractivity contribution in [3.05, 3.63) is 66.6 Å². The first kappa shape index (κ1) is 22.3. The smallest absolute Gasteiger partial charge is 0.291 e. The summed E-state index contributed by atoms with van der Waals surface area (Å²) in [7, 11) is 3.11. The molecule has 0 saturated carbocycles. The molecule has 2 amide bonds. The Morgan fingerprint density at radius 3 is 2.55 bits per heavy atom. The lowest BCUT2D eigenvalue weighted by Gasteiger charge is -2.17. The Hall–Kier alpha value is -3.39. The van der Waals surface area contributed by atoms with Crippen LogP contribution in [0, 0.1) is 0 Å². The van der Waals surface area contributed by atoms with E-state index < -0.39 is 0 Å². The highest BCUT2D eigenvalue weighted by molar-refractivity contribution is 8.00. The van der Waals surface area contributed by atoms with Crippen LogP contribution in [0.2, 0.25) is 0 Å². The van der Waals surface area contributed by atoms with Crippen LogP contribution in [0.4, 0.5) is 11.4 Å². The molecule has 8 heteroatoms. The number of hydrogen-bond acceptors (Lipinski definition) is 6. The van der Waals surface area contributed by atoms with E-state index >= 15 is 0 Å². The average Bonchev–Trinajstić information content (AvgIpc) is 3.33. The third kappa shape index (κ3) is 5.82. The van der Waals surface area contributed by atoms with E-state index in [1.165, 1.54) is 18.0 Å². The molecule has 7 nitrogen and oxygen atoms in total. The third-order valence-corrected chi connectivity index (χ3v) is 5.80. The van der Waals surface area contributed by atoms with Crippen LogP contribution in [0.15, 0.2) is 70.2 Å². The van der Waals surface area contributed by atoms with E-state index in [4.69, 9.17) is 13.9 Å². The Balaban J connectivity index is 1.68. The van der Waals surface area contributed by atoms with Gasteiger partial charge in [-0.25, -0.2) is 0 Å². The Morgan fingerprint density at radius 2 is 1.87 bits per heavy atom. The first-order valence-electron chi connectivity index (χ1n) is 9.68. The van der Waals surface area contributed by atoms with Gasteiger partial charge in [0.05, 0.1) is 31.4 Å². The predicted octanol–water partition coefficient (Wildman–Crippen LogP) is 5.06. The summed E-state index contributed by atoms with van der Waals surface area (Å²) in [4.78, 5) is 25.9. The molecule has 0 aliphatic carbocycles. The molecule has 3 aromatic rings. The monoisotopic (exact) mass is 440 g/mol. The second-order valence-corrected chi connectivity index (χ2v) is 7.81. The molecule has 0 spiro atoms. The second-order valence-electron chi connectivity index (χ2n) is 6.53. The number of thioether (sulfide) groups is 1. The Morgan fingerprint density at radius 1 is 1.03 bits per heavy atom. The zero-order valence-corrected chi connectivity index (χ0v) is 18.3. The molecule has 31 heavy (non-hydrogen) atoms. The zero-order chi connectivity index (χ0) is 22.2. The maximum atomic E-state index is 12.9. The maximum Gasteiger partial charge on any atom is 0.291 e. The molecule has 162 valence electrons. The number of rotatable bonds is 9.